The first kappa shape index (κ1) is 12.9. The van der Waals surface area contributed by atoms with E-state index in [9.17, 15) is 0 Å². The molecule has 0 unspecified atom stereocenters. The largest absolute Gasteiger partial charge is 0.350 e. The van der Waals surface area contributed by atoms with Crippen molar-refractivity contribution < 1.29 is 0 Å². The van der Waals surface area contributed by atoms with E-state index in [1.54, 1.807) is 0 Å². The number of benzene rings is 1. The summed E-state index contributed by atoms with van der Waals surface area (Å²) in [6, 6.07) is 12.5. The Balaban J connectivity index is 1.77. The van der Waals surface area contributed by atoms with Crippen molar-refractivity contribution in [2.75, 3.05) is 5.32 Å². The van der Waals surface area contributed by atoms with Crippen molar-refractivity contribution in [2.45, 2.75) is 20.4 Å². The number of anilines is 1. The van der Waals surface area contributed by atoms with Crippen LogP contribution in [0.1, 0.15) is 15.3 Å². The Morgan fingerprint density at radius 1 is 1.20 bits per heavy atom. The average Bonchev–Trinajstić information content (AvgIpc) is 3.05. The molecule has 1 N–H and O–H groups in total. The standard InChI is InChI=1S/C16H17N3S/c1-12-10-15(20-13(12)2)11-18-16-17-8-9-19(16)14-6-4-3-5-7-14/h3-10H,11H2,1-2H3,(H,17,18). The van der Waals surface area contributed by atoms with Crippen LogP contribution in [0.4, 0.5) is 5.95 Å². The lowest BCUT2D eigenvalue weighted by Gasteiger charge is -2.08. The molecule has 102 valence electrons. The lowest BCUT2D eigenvalue weighted by atomic mass is 10.3. The predicted octanol–water partition coefficient (Wildman–Crippen LogP) is 4.16. The number of nitrogens with one attached hydrogen (secondary N) is 1. The van der Waals surface area contributed by atoms with E-state index >= 15 is 0 Å². The van der Waals surface area contributed by atoms with Crippen LogP contribution in [0.25, 0.3) is 5.69 Å². The molecule has 3 nitrogen and oxygen atoms in total. The second kappa shape index (κ2) is 5.51. The zero-order chi connectivity index (χ0) is 13.9. The molecule has 1 aromatic carbocycles. The minimum absolute atomic E-state index is 0.809. The molecule has 4 heteroatoms. The lowest BCUT2D eigenvalue weighted by Crippen LogP contribution is -2.05. The molecule has 0 radical (unpaired) electrons. The van der Waals surface area contributed by atoms with E-state index in [0.29, 0.717) is 0 Å². The number of para-hydroxylation sites is 1. The molecule has 0 amide bonds. The van der Waals surface area contributed by atoms with E-state index in [1.165, 1.54) is 15.3 Å². The summed E-state index contributed by atoms with van der Waals surface area (Å²) in [4.78, 5) is 7.11. The zero-order valence-corrected chi connectivity index (χ0v) is 12.4. The van der Waals surface area contributed by atoms with Crippen LogP contribution in [0.3, 0.4) is 0 Å². The highest BCUT2D eigenvalue weighted by Gasteiger charge is 2.06. The van der Waals surface area contributed by atoms with Gasteiger partial charge < -0.3 is 5.32 Å². The Labute approximate surface area is 122 Å². The van der Waals surface area contributed by atoms with E-state index in [-0.39, 0.29) is 0 Å². The fourth-order valence-corrected chi connectivity index (χ4v) is 3.13. The number of thiophene rings is 1. The van der Waals surface area contributed by atoms with Gasteiger partial charge >= 0.3 is 0 Å². The van der Waals surface area contributed by atoms with Crippen LogP contribution in [0.2, 0.25) is 0 Å². The Hall–Kier alpha value is -2.07. The SMILES string of the molecule is Cc1cc(CNc2nccn2-c2ccccc2)sc1C. The van der Waals surface area contributed by atoms with Gasteiger partial charge in [-0.15, -0.1) is 11.3 Å². The van der Waals surface area contributed by atoms with Gasteiger partial charge in [-0.25, -0.2) is 4.98 Å². The molecule has 0 atom stereocenters. The van der Waals surface area contributed by atoms with Gasteiger partial charge in [-0.2, -0.15) is 0 Å². The zero-order valence-electron chi connectivity index (χ0n) is 11.6. The predicted molar refractivity (Wildman–Crippen MR) is 84.7 cm³/mol. The normalized spacial score (nSPS) is 10.7. The molecule has 2 heterocycles. The topological polar surface area (TPSA) is 29.9 Å². The first-order valence-electron chi connectivity index (χ1n) is 6.62. The van der Waals surface area contributed by atoms with Crippen LogP contribution in [0.5, 0.6) is 0 Å². The van der Waals surface area contributed by atoms with Crippen molar-refractivity contribution in [3.05, 3.63) is 64.1 Å². The van der Waals surface area contributed by atoms with Gasteiger partial charge in [0.1, 0.15) is 0 Å². The monoisotopic (exact) mass is 283 g/mol. The Morgan fingerprint density at radius 3 is 2.70 bits per heavy atom. The molecule has 0 saturated heterocycles. The first-order valence-corrected chi connectivity index (χ1v) is 7.44. The third-order valence-electron chi connectivity index (χ3n) is 3.31. The van der Waals surface area contributed by atoms with E-state index < -0.39 is 0 Å². The summed E-state index contributed by atoms with van der Waals surface area (Å²) < 4.78 is 2.06. The van der Waals surface area contributed by atoms with Crippen LogP contribution < -0.4 is 5.32 Å². The second-order valence-corrected chi connectivity index (χ2v) is 6.10. The number of aromatic nitrogens is 2. The van der Waals surface area contributed by atoms with E-state index in [0.717, 1.165) is 18.2 Å². The molecule has 2 aromatic heterocycles. The summed E-state index contributed by atoms with van der Waals surface area (Å²) >= 11 is 1.84. The number of hydrogen-bond donors (Lipinski definition) is 1. The molecule has 0 aliphatic heterocycles. The van der Waals surface area contributed by atoms with Crippen molar-refractivity contribution in [3.8, 4) is 5.69 Å². The Kier molecular flexibility index (Phi) is 3.56. The Bertz CT molecular complexity index is 678. The van der Waals surface area contributed by atoms with Crippen molar-refractivity contribution in [1.82, 2.24) is 9.55 Å². The molecular weight excluding hydrogens is 266 g/mol. The van der Waals surface area contributed by atoms with Gasteiger partial charge in [0, 0.05) is 27.8 Å². The lowest BCUT2D eigenvalue weighted by molar-refractivity contribution is 1.01. The molecule has 0 bridgehead atoms. The van der Waals surface area contributed by atoms with Crippen molar-refractivity contribution >= 4 is 17.3 Å². The first-order chi connectivity index (χ1) is 9.74. The number of aryl methyl sites for hydroxylation is 2. The summed E-state index contributed by atoms with van der Waals surface area (Å²) in [5.41, 5.74) is 2.48. The van der Waals surface area contributed by atoms with Gasteiger partial charge in [-0.3, -0.25) is 4.57 Å². The molecular formula is C16H17N3S. The molecule has 0 aliphatic rings. The van der Waals surface area contributed by atoms with Gasteiger partial charge in [-0.05, 0) is 37.6 Å². The van der Waals surface area contributed by atoms with E-state index in [2.05, 4.69) is 46.9 Å². The maximum atomic E-state index is 4.39. The van der Waals surface area contributed by atoms with E-state index in [4.69, 9.17) is 0 Å². The van der Waals surface area contributed by atoms with Gasteiger partial charge in [0.15, 0.2) is 0 Å². The van der Waals surface area contributed by atoms with Gasteiger partial charge in [0.05, 0.1) is 6.54 Å². The summed E-state index contributed by atoms with van der Waals surface area (Å²) in [7, 11) is 0. The maximum Gasteiger partial charge on any atom is 0.207 e. The fourth-order valence-electron chi connectivity index (χ4n) is 2.13. The number of imidazole rings is 1. The van der Waals surface area contributed by atoms with Gasteiger partial charge in [0.25, 0.3) is 0 Å². The van der Waals surface area contributed by atoms with Crippen LogP contribution in [-0.2, 0) is 6.54 Å². The molecule has 0 fully saturated rings. The number of nitrogens with zero attached hydrogens (tertiary/aromatic N) is 2. The molecule has 20 heavy (non-hydrogen) atoms. The highest BCUT2D eigenvalue weighted by Crippen LogP contribution is 2.22. The van der Waals surface area contributed by atoms with E-state index in [1.807, 2.05) is 41.9 Å². The molecule has 0 saturated carbocycles. The number of rotatable bonds is 4. The summed E-state index contributed by atoms with van der Waals surface area (Å²) in [5.74, 6) is 0.875. The highest BCUT2D eigenvalue weighted by molar-refractivity contribution is 7.12. The Morgan fingerprint density at radius 2 is 2.00 bits per heavy atom. The minimum Gasteiger partial charge on any atom is -0.350 e. The second-order valence-electron chi connectivity index (χ2n) is 4.76. The van der Waals surface area contributed by atoms with Crippen LogP contribution in [0, 0.1) is 13.8 Å². The van der Waals surface area contributed by atoms with Gasteiger partial charge in [0.2, 0.25) is 5.95 Å². The van der Waals surface area contributed by atoms with Crippen LogP contribution in [-0.4, -0.2) is 9.55 Å². The third kappa shape index (κ3) is 2.60. The summed E-state index contributed by atoms with van der Waals surface area (Å²) in [6.07, 6.45) is 3.79. The number of hydrogen-bond acceptors (Lipinski definition) is 3. The maximum absolute atomic E-state index is 4.39. The summed E-state index contributed by atoms with van der Waals surface area (Å²) in [6.45, 7) is 5.12. The fraction of sp³-hybridized carbons (Fsp3) is 0.188. The van der Waals surface area contributed by atoms with Crippen LogP contribution in [0.15, 0.2) is 48.8 Å². The van der Waals surface area contributed by atoms with Crippen molar-refractivity contribution in [2.24, 2.45) is 0 Å². The van der Waals surface area contributed by atoms with Crippen LogP contribution >= 0.6 is 11.3 Å². The molecule has 3 rings (SSSR count). The van der Waals surface area contributed by atoms with Gasteiger partial charge in [-0.1, -0.05) is 18.2 Å². The van der Waals surface area contributed by atoms with Crippen molar-refractivity contribution in [1.29, 1.82) is 0 Å². The average molecular weight is 283 g/mol. The molecule has 0 spiro atoms. The highest BCUT2D eigenvalue weighted by atomic mass is 32.1. The summed E-state index contributed by atoms with van der Waals surface area (Å²) in [5, 5.41) is 3.41. The minimum atomic E-state index is 0.809. The molecule has 0 aliphatic carbocycles. The molecule has 3 aromatic rings. The quantitative estimate of drug-likeness (QED) is 0.779. The third-order valence-corrected chi connectivity index (χ3v) is 4.47. The smallest absolute Gasteiger partial charge is 0.207 e. The van der Waals surface area contributed by atoms with Crippen molar-refractivity contribution in [3.63, 3.8) is 0 Å².